The first kappa shape index (κ1) is 21.1. The standard InChI is InChI=1S/C24H30BrNO2/c1-27-17-19-7-10-21(11-8-19)24-16-22-15-20(18-28-2)9-12-23(22)26(24)14-6-4-3-5-13-25/h7-12,15-16H,3-6,13-14,17-18H2,1-2H3. The van der Waals surface area contributed by atoms with Crippen LogP contribution in [0.5, 0.6) is 0 Å². The molecule has 0 bridgehead atoms. The van der Waals surface area contributed by atoms with Crippen LogP contribution in [0.3, 0.4) is 0 Å². The van der Waals surface area contributed by atoms with Gasteiger partial charge < -0.3 is 14.0 Å². The molecule has 1 heterocycles. The smallest absolute Gasteiger partial charge is 0.0713 e. The van der Waals surface area contributed by atoms with Crippen molar-refractivity contribution in [2.24, 2.45) is 0 Å². The third kappa shape index (κ3) is 5.25. The average molecular weight is 444 g/mol. The maximum atomic E-state index is 5.31. The molecule has 0 unspecified atom stereocenters. The molecule has 0 fully saturated rings. The van der Waals surface area contributed by atoms with E-state index >= 15 is 0 Å². The minimum absolute atomic E-state index is 0.648. The second-order valence-corrected chi connectivity index (χ2v) is 8.03. The molecule has 0 aliphatic rings. The van der Waals surface area contributed by atoms with Crippen molar-refractivity contribution in [2.75, 3.05) is 19.5 Å². The molecule has 0 amide bonds. The SMILES string of the molecule is COCc1ccc(-c2cc3cc(COC)ccc3n2CCCCCCBr)cc1. The Hall–Kier alpha value is -1.62. The number of benzene rings is 2. The summed E-state index contributed by atoms with van der Waals surface area (Å²) in [4.78, 5) is 0. The summed E-state index contributed by atoms with van der Waals surface area (Å²) < 4.78 is 13.0. The number of hydrogen-bond donors (Lipinski definition) is 0. The van der Waals surface area contributed by atoms with E-state index in [1.807, 2.05) is 0 Å². The lowest BCUT2D eigenvalue weighted by Crippen LogP contribution is -2.01. The molecule has 0 saturated carbocycles. The molecule has 0 spiro atoms. The summed E-state index contributed by atoms with van der Waals surface area (Å²) in [6, 6.07) is 17.7. The van der Waals surface area contributed by atoms with E-state index in [2.05, 4.69) is 69.0 Å². The number of aryl methyl sites for hydroxylation is 1. The summed E-state index contributed by atoms with van der Waals surface area (Å²) in [5.74, 6) is 0. The molecule has 0 aliphatic heterocycles. The highest BCUT2D eigenvalue weighted by Crippen LogP contribution is 2.30. The molecule has 0 radical (unpaired) electrons. The Morgan fingerprint density at radius 2 is 1.46 bits per heavy atom. The van der Waals surface area contributed by atoms with Crippen LogP contribution in [-0.4, -0.2) is 24.1 Å². The van der Waals surface area contributed by atoms with Gasteiger partial charge in [0.25, 0.3) is 0 Å². The second-order valence-electron chi connectivity index (χ2n) is 7.24. The Balaban J connectivity index is 1.92. The van der Waals surface area contributed by atoms with Gasteiger partial charge in [0.05, 0.1) is 13.2 Å². The molecule has 1 aromatic heterocycles. The van der Waals surface area contributed by atoms with Gasteiger partial charge in [-0.05, 0) is 47.7 Å². The summed E-state index contributed by atoms with van der Waals surface area (Å²) in [7, 11) is 3.48. The monoisotopic (exact) mass is 443 g/mol. The predicted molar refractivity (Wildman–Crippen MR) is 121 cm³/mol. The van der Waals surface area contributed by atoms with Crippen LogP contribution in [0.15, 0.2) is 48.5 Å². The van der Waals surface area contributed by atoms with Crippen molar-refractivity contribution in [1.29, 1.82) is 0 Å². The van der Waals surface area contributed by atoms with E-state index in [1.165, 1.54) is 59.0 Å². The Bertz CT molecular complexity index is 870. The number of aromatic nitrogens is 1. The molecular formula is C24H30BrNO2. The van der Waals surface area contributed by atoms with Gasteiger partial charge in [-0.1, -0.05) is 59.1 Å². The molecule has 150 valence electrons. The first-order chi connectivity index (χ1) is 13.8. The normalized spacial score (nSPS) is 11.4. The number of methoxy groups -OCH3 is 2. The van der Waals surface area contributed by atoms with Crippen LogP contribution in [0.2, 0.25) is 0 Å². The van der Waals surface area contributed by atoms with E-state index in [9.17, 15) is 0 Å². The molecular weight excluding hydrogens is 414 g/mol. The summed E-state index contributed by atoms with van der Waals surface area (Å²) in [6.45, 7) is 2.34. The number of ether oxygens (including phenoxy) is 2. The highest BCUT2D eigenvalue weighted by atomic mass is 79.9. The highest BCUT2D eigenvalue weighted by molar-refractivity contribution is 9.09. The van der Waals surface area contributed by atoms with Crippen molar-refractivity contribution in [3.63, 3.8) is 0 Å². The average Bonchev–Trinajstić information content (AvgIpc) is 3.07. The second kappa shape index (κ2) is 10.8. The molecule has 0 aliphatic carbocycles. The minimum Gasteiger partial charge on any atom is -0.380 e. The lowest BCUT2D eigenvalue weighted by atomic mass is 10.1. The number of alkyl halides is 1. The van der Waals surface area contributed by atoms with Crippen LogP contribution in [-0.2, 0) is 29.2 Å². The van der Waals surface area contributed by atoms with Crippen molar-refractivity contribution in [1.82, 2.24) is 4.57 Å². The molecule has 0 saturated heterocycles. The van der Waals surface area contributed by atoms with Crippen LogP contribution >= 0.6 is 15.9 Å². The van der Waals surface area contributed by atoms with Crippen molar-refractivity contribution in [3.8, 4) is 11.3 Å². The molecule has 28 heavy (non-hydrogen) atoms. The van der Waals surface area contributed by atoms with Crippen molar-refractivity contribution in [2.45, 2.75) is 45.4 Å². The minimum atomic E-state index is 0.648. The molecule has 4 heteroatoms. The number of hydrogen-bond acceptors (Lipinski definition) is 2. The van der Waals surface area contributed by atoms with Crippen molar-refractivity contribution >= 4 is 26.8 Å². The first-order valence-electron chi connectivity index (χ1n) is 10.0. The first-order valence-corrected chi connectivity index (χ1v) is 11.1. The largest absolute Gasteiger partial charge is 0.380 e. The Kier molecular flexibility index (Phi) is 8.13. The third-order valence-corrected chi connectivity index (χ3v) is 5.66. The third-order valence-electron chi connectivity index (χ3n) is 5.10. The molecule has 0 N–H and O–H groups in total. The Morgan fingerprint density at radius 3 is 2.18 bits per heavy atom. The van der Waals surface area contributed by atoms with Gasteiger partial charge in [0.2, 0.25) is 0 Å². The predicted octanol–water partition coefficient (Wildman–Crippen LogP) is 6.56. The van der Waals surface area contributed by atoms with Crippen molar-refractivity contribution in [3.05, 3.63) is 59.7 Å². The van der Waals surface area contributed by atoms with Crippen LogP contribution in [0.1, 0.15) is 36.8 Å². The summed E-state index contributed by atoms with van der Waals surface area (Å²) in [6.07, 6.45) is 4.99. The molecule has 0 atom stereocenters. The van der Waals surface area contributed by atoms with E-state index in [0.717, 1.165) is 11.9 Å². The number of nitrogens with zero attached hydrogens (tertiary/aromatic N) is 1. The molecule has 3 rings (SSSR count). The number of unbranched alkanes of at least 4 members (excludes halogenated alkanes) is 3. The number of fused-ring (bicyclic) bond motifs is 1. The van der Waals surface area contributed by atoms with Gasteiger partial charge in [-0.15, -0.1) is 0 Å². The zero-order valence-electron chi connectivity index (χ0n) is 16.9. The topological polar surface area (TPSA) is 23.4 Å². The van der Waals surface area contributed by atoms with Crippen LogP contribution < -0.4 is 0 Å². The van der Waals surface area contributed by atoms with E-state index in [1.54, 1.807) is 14.2 Å². The lowest BCUT2D eigenvalue weighted by molar-refractivity contribution is 0.185. The highest BCUT2D eigenvalue weighted by Gasteiger charge is 2.11. The number of rotatable bonds is 11. The zero-order valence-corrected chi connectivity index (χ0v) is 18.5. The van der Waals surface area contributed by atoms with Gasteiger partial charge >= 0.3 is 0 Å². The van der Waals surface area contributed by atoms with Gasteiger partial charge in [0.15, 0.2) is 0 Å². The van der Waals surface area contributed by atoms with Crippen LogP contribution in [0.4, 0.5) is 0 Å². The fourth-order valence-corrected chi connectivity index (χ4v) is 4.11. The fourth-order valence-electron chi connectivity index (χ4n) is 3.71. The van der Waals surface area contributed by atoms with E-state index in [4.69, 9.17) is 9.47 Å². The van der Waals surface area contributed by atoms with E-state index in [-0.39, 0.29) is 0 Å². The molecule has 3 aromatic rings. The van der Waals surface area contributed by atoms with Gasteiger partial charge in [0, 0.05) is 42.7 Å². The quantitative estimate of drug-likeness (QED) is 0.247. The van der Waals surface area contributed by atoms with Gasteiger partial charge in [0.1, 0.15) is 0 Å². The number of halogens is 1. The van der Waals surface area contributed by atoms with E-state index in [0.29, 0.717) is 13.2 Å². The van der Waals surface area contributed by atoms with Crippen LogP contribution in [0, 0.1) is 0 Å². The lowest BCUT2D eigenvalue weighted by Gasteiger charge is -2.12. The maximum Gasteiger partial charge on any atom is 0.0713 e. The Labute approximate surface area is 176 Å². The van der Waals surface area contributed by atoms with Gasteiger partial charge in [-0.3, -0.25) is 0 Å². The van der Waals surface area contributed by atoms with E-state index < -0.39 is 0 Å². The summed E-state index contributed by atoms with van der Waals surface area (Å²) in [5, 5.41) is 2.38. The zero-order chi connectivity index (χ0) is 19.8. The fraction of sp³-hybridized carbons (Fsp3) is 0.417. The summed E-state index contributed by atoms with van der Waals surface area (Å²) >= 11 is 3.53. The summed E-state index contributed by atoms with van der Waals surface area (Å²) in [5.41, 5.74) is 6.26. The maximum absolute atomic E-state index is 5.31. The van der Waals surface area contributed by atoms with Crippen molar-refractivity contribution < 1.29 is 9.47 Å². The molecule has 3 nitrogen and oxygen atoms in total. The van der Waals surface area contributed by atoms with Crippen LogP contribution in [0.25, 0.3) is 22.2 Å². The van der Waals surface area contributed by atoms with Gasteiger partial charge in [-0.2, -0.15) is 0 Å². The van der Waals surface area contributed by atoms with Gasteiger partial charge in [-0.25, -0.2) is 0 Å². The Morgan fingerprint density at radius 1 is 0.786 bits per heavy atom. The molecule has 2 aromatic carbocycles.